The Balaban J connectivity index is 1.28. The van der Waals surface area contributed by atoms with Gasteiger partial charge in [-0.1, -0.05) is 62.4 Å². The molecule has 3 aliphatic heterocycles. The van der Waals surface area contributed by atoms with Crippen molar-refractivity contribution in [3.63, 3.8) is 0 Å². The maximum atomic E-state index is 14.1. The quantitative estimate of drug-likeness (QED) is 0.157. The highest BCUT2D eigenvalue weighted by molar-refractivity contribution is 7.89. The van der Waals surface area contributed by atoms with E-state index in [1.165, 1.54) is 22.5 Å². The summed E-state index contributed by atoms with van der Waals surface area (Å²) < 4.78 is 59.5. The number of nitro groups is 1. The number of carbonyl (C=O) groups is 1. The topological polar surface area (TPSA) is 147 Å². The molecule has 0 unspecified atom stereocenters. The molecule has 0 aromatic heterocycles. The molecule has 1 amide bonds. The number of sulfonamides is 1. The molecule has 0 N–H and O–H groups in total. The molecule has 3 heterocycles. The van der Waals surface area contributed by atoms with Crippen molar-refractivity contribution < 1.29 is 41.8 Å². The molecule has 3 aromatic carbocycles. The molecule has 3 fully saturated rings. The van der Waals surface area contributed by atoms with Crippen molar-refractivity contribution in [2.24, 2.45) is 11.8 Å². The van der Waals surface area contributed by atoms with Gasteiger partial charge in [-0.3, -0.25) is 15.0 Å². The number of non-ortho nitro benzene ring substituents is 1. The summed E-state index contributed by atoms with van der Waals surface area (Å²) in [6, 6.07) is 21.8. The van der Waals surface area contributed by atoms with E-state index < -0.39 is 51.3 Å². The SMILES string of the molecule is CC(C)CN(C[C@H]1OC(C)(C)N(C(=O)O[C@H]2CO[C@H]3OCC[C@H]32)[C@H]1Cc1ccc(OCc2ccccc2)cc1)S(=O)(=O)c1cccc([N+](=O)[O-])c1. The fraction of sp³-hybridized carbons (Fsp3) is 0.486. The normalized spacial score (nSPS) is 24.2. The van der Waals surface area contributed by atoms with Crippen molar-refractivity contribution in [3.8, 4) is 5.75 Å². The average molecular weight is 724 g/mol. The Kier molecular flexibility index (Phi) is 11.0. The van der Waals surface area contributed by atoms with Gasteiger partial charge in [0.1, 0.15) is 24.2 Å². The number of nitro benzene ring substituents is 1. The van der Waals surface area contributed by atoms with Gasteiger partial charge in [-0.15, -0.1) is 0 Å². The van der Waals surface area contributed by atoms with Crippen LogP contribution in [-0.4, -0.2) is 85.2 Å². The minimum absolute atomic E-state index is 0.0696. The van der Waals surface area contributed by atoms with Crippen molar-refractivity contribution in [1.29, 1.82) is 0 Å². The number of hydrogen-bond acceptors (Lipinski definition) is 10. The molecule has 274 valence electrons. The van der Waals surface area contributed by atoms with E-state index in [9.17, 15) is 23.3 Å². The molecule has 0 bridgehead atoms. The van der Waals surface area contributed by atoms with E-state index in [0.29, 0.717) is 31.8 Å². The molecular weight excluding hydrogens is 678 g/mol. The smallest absolute Gasteiger partial charge is 0.412 e. The van der Waals surface area contributed by atoms with Crippen LogP contribution in [0.1, 0.15) is 45.2 Å². The van der Waals surface area contributed by atoms with Gasteiger partial charge in [-0.2, -0.15) is 4.31 Å². The average Bonchev–Trinajstić information content (AvgIpc) is 3.78. The Morgan fingerprint density at radius 3 is 2.49 bits per heavy atom. The highest BCUT2D eigenvalue weighted by Crippen LogP contribution is 2.39. The lowest BCUT2D eigenvalue weighted by molar-refractivity contribution is -0.385. The summed E-state index contributed by atoms with van der Waals surface area (Å²) in [7, 11) is -4.21. The molecule has 5 atom stereocenters. The van der Waals surface area contributed by atoms with Crippen LogP contribution >= 0.6 is 0 Å². The molecule has 14 heteroatoms. The first-order valence-electron chi connectivity index (χ1n) is 17.2. The third kappa shape index (κ3) is 8.36. The van der Waals surface area contributed by atoms with Gasteiger partial charge in [-0.25, -0.2) is 13.2 Å². The standard InChI is InChI=1S/C37H45N3O10S/c1-25(2)21-38(51(44,45)30-12-8-11-28(20-30)40(42)43)22-33-32(19-26-13-15-29(16-14-26)47-23-27-9-6-5-7-10-27)39(37(3,4)50-33)36(41)49-34-24-48-35-31(34)17-18-46-35/h5-16,20,25,31-35H,17-19,21-24H2,1-4H3/t31-,32-,33+,34-,35+/m0/s1. The Morgan fingerprint density at radius 1 is 1.04 bits per heavy atom. The van der Waals surface area contributed by atoms with Crippen LogP contribution in [0, 0.1) is 22.0 Å². The largest absolute Gasteiger partial charge is 0.489 e. The van der Waals surface area contributed by atoms with Crippen molar-refractivity contribution in [1.82, 2.24) is 9.21 Å². The Bertz CT molecular complexity index is 1790. The number of amides is 1. The predicted molar refractivity (Wildman–Crippen MR) is 186 cm³/mol. The van der Waals surface area contributed by atoms with Gasteiger partial charge >= 0.3 is 6.09 Å². The summed E-state index contributed by atoms with van der Waals surface area (Å²) >= 11 is 0. The van der Waals surface area contributed by atoms with Crippen molar-refractivity contribution >= 4 is 21.8 Å². The van der Waals surface area contributed by atoms with E-state index in [-0.39, 0.29) is 42.1 Å². The van der Waals surface area contributed by atoms with Gasteiger partial charge in [-0.05, 0) is 61.9 Å². The summed E-state index contributed by atoms with van der Waals surface area (Å²) in [5.41, 5.74) is 0.418. The van der Waals surface area contributed by atoms with E-state index >= 15 is 0 Å². The van der Waals surface area contributed by atoms with Gasteiger partial charge in [0, 0.05) is 25.2 Å². The Hall–Kier alpha value is -4.08. The molecule has 51 heavy (non-hydrogen) atoms. The third-order valence-electron chi connectivity index (χ3n) is 9.45. The minimum Gasteiger partial charge on any atom is -0.489 e. The van der Waals surface area contributed by atoms with Crippen LogP contribution in [0.3, 0.4) is 0 Å². The van der Waals surface area contributed by atoms with Gasteiger partial charge in [0.2, 0.25) is 10.0 Å². The molecule has 3 saturated heterocycles. The third-order valence-corrected chi connectivity index (χ3v) is 11.3. The predicted octanol–water partition coefficient (Wildman–Crippen LogP) is 5.77. The highest BCUT2D eigenvalue weighted by atomic mass is 32.2. The minimum atomic E-state index is -4.21. The lowest BCUT2D eigenvalue weighted by Crippen LogP contribution is -2.51. The fourth-order valence-electron chi connectivity index (χ4n) is 7.03. The lowest BCUT2D eigenvalue weighted by atomic mass is 9.99. The number of fused-ring (bicyclic) bond motifs is 1. The van der Waals surface area contributed by atoms with E-state index in [1.54, 1.807) is 18.7 Å². The fourth-order valence-corrected chi connectivity index (χ4v) is 8.69. The second-order valence-corrected chi connectivity index (χ2v) is 16.0. The second-order valence-electron chi connectivity index (χ2n) is 14.1. The van der Waals surface area contributed by atoms with E-state index in [4.69, 9.17) is 23.7 Å². The first-order valence-corrected chi connectivity index (χ1v) is 18.7. The Morgan fingerprint density at radius 2 is 1.78 bits per heavy atom. The van der Waals surface area contributed by atoms with Crippen LogP contribution in [0.25, 0.3) is 0 Å². The van der Waals surface area contributed by atoms with Crippen LogP contribution in [0.2, 0.25) is 0 Å². The summed E-state index contributed by atoms with van der Waals surface area (Å²) in [5.74, 6) is 0.527. The molecule has 0 aliphatic carbocycles. The van der Waals surface area contributed by atoms with Crippen LogP contribution in [0.5, 0.6) is 5.75 Å². The molecule has 13 nitrogen and oxygen atoms in total. The van der Waals surface area contributed by atoms with Crippen molar-refractivity contribution in [2.75, 3.05) is 26.3 Å². The zero-order chi connectivity index (χ0) is 36.3. The maximum absolute atomic E-state index is 14.1. The number of ether oxygens (including phenoxy) is 5. The molecule has 6 rings (SSSR count). The Labute approximate surface area is 298 Å². The monoisotopic (exact) mass is 723 g/mol. The lowest BCUT2D eigenvalue weighted by Gasteiger charge is -2.34. The first kappa shape index (κ1) is 36.7. The number of carbonyl (C=O) groups excluding carboxylic acids is 1. The maximum Gasteiger partial charge on any atom is 0.412 e. The molecule has 0 saturated carbocycles. The van der Waals surface area contributed by atoms with Gasteiger partial charge in [0.25, 0.3) is 5.69 Å². The van der Waals surface area contributed by atoms with E-state index in [1.807, 2.05) is 68.4 Å². The number of nitrogens with zero attached hydrogens (tertiary/aromatic N) is 3. The van der Waals surface area contributed by atoms with Crippen LogP contribution in [0.15, 0.2) is 83.8 Å². The summed E-state index contributed by atoms with van der Waals surface area (Å²) in [6.07, 6.45) is -1.23. The summed E-state index contributed by atoms with van der Waals surface area (Å²) in [6.45, 7) is 8.48. The number of hydrogen-bond donors (Lipinski definition) is 0. The van der Waals surface area contributed by atoms with Crippen LogP contribution in [0.4, 0.5) is 10.5 Å². The van der Waals surface area contributed by atoms with Crippen LogP contribution in [-0.2, 0) is 42.0 Å². The summed E-state index contributed by atoms with van der Waals surface area (Å²) in [4.78, 5) is 26.4. The zero-order valence-corrected chi connectivity index (χ0v) is 30.1. The molecule has 0 radical (unpaired) electrons. The van der Waals surface area contributed by atoms with E-state index in [0.717, 1.165) is 17.2 Å². The van der Waals surface area contributed by atoms with Gasteiger partial charge in [0.15, 0.2) is 6.29 Å². The molecule has 0 spiro atoms. The van der Waals surface area contributed by atoms with Crippen molar-refractivity contribution in [3.05, 3.63) is 100 Å². The van der Waals surface area contributed by atoms with Crippen molar-refractivity contribution in [2.45, 2.75) is 82.3 Å². The summed E-state index contributed by atoms with van der Waals surface area (Å²) in [5, 5.41) is 11.5. The number of benzene rings is 3. The van der Waals surface area contributed by atoms with Crippen LogP contribution < -0.4 is 4.74 Å². The zero-order valence-electron chi connectivity index (χ0n) is 29.3. The second kappa shape index (κ2) is 15.3. The van der Waals surface area contributed by atoms with E-state index in [2.05, 4.69) is 0 Å². The first-order chi connectivity index (χ1) is 24.3. The van der Waals surface area contributed by atoms with Gasteiger partial charge < -0.3 is 23.7 Å². The van der Waals surface area contributed by atoms with Gasteiger partial charge in [0.05, 0.1) is 41.1 Å². The molecule has 3 aromatic rings. The molecule has 3 aliphatic rings. The number of rotatable bonds is 13. The molecular formula is C37H45N3O10S. The highest BCUT2D eigenvalue weighted by Gasteiger charge is 2.53.